The van der Waals surface area contributed by atoms with Crippen LogP contribution in [-0.2, 0) is 93.2 Å². The Hall–Kier alpha value is -8.89. The Morgan fingerprint density at radius 1 is 0.480 bits per heavy atom. The third-order valence-electron chi connectivity index (χ3n) is 15.5. The summed E-state index contributed by atoms with van der Waals surface area (Å²) in [6.45, 7) is 18.3. The quantitative estimate of drug-likeness (QED) is 0.00571. The molecule has 11 N–H and O–H groups in total. The fraction of sp³-hybridized carbons (Fsp3) is 0.325. The summed E-state index contributed by atoms with van der Waals surface area (Å²) in [4.78, 5) is 169. The molecule has 2 aliphatic heterocycles. The molecule has 42 nitrogen and oxygen atoms in total. The molecule has 3 aromatic heterocycles. The minimum absolute atomic E-state index is 0. The van der Waals surface area contributed by atoms with Crippen LogP contribution in [0.5, 0.6) is 28.7 Å². The first-order valence-electron chi connectivity index (χ1n) is 36.6. The zero-order valence-corrected chi connectivity index (χ0v) is 77.7. The van der Waals surface area contributed by atoms with Gasteiger partial charge in [0.1, 0.15) is 34.3 Å². The van der Waals surface area contributed by atoms with E-state index in [1.54, 1.807) is 131 Å². The number of rotatable bonds is 22. The SMILES string of the molecule is CC(C)OC(=O)Oc1ccccc1C(Cl)OC(=O)OC(C)(C)C.CC(C)OC(=O)Oc1ccccc1C1OP(=O)(O)C(O)(Cc2cccnc2)P(=O)(O)O1.CC(C)OC(=O)Oc1ccccc1C=O.CC(C)OC(=O)Oc1ccccc1[C@H]1OP(=O)([O-])[C@@](O)(Cc2cccnc2)P(=O)(O)O1.O=Cc1ccccc1O.O=P(O)(O)C(O)(Cc1cccnc1)P(=O)(O)O.[Na+]. The second kappa shape index (κ2) is 48.7. The van der Waals surface area contributed by atoms with Crippen molar-refractivity contribution in [1.82, 2.24) is 15.0 Å². The molecule has 8 aromatic rings. The fourth-order valence-electron chi connectivity index (χ4n) is 9.74. The summed E-state index contributed by atoms with van der Waals surface area (Å²) >= 11 is 6.07. The molecule has 0 aliphatic carbocycles. The van der Waals surface area contributed by atoms with Gasteiger partial charge in [0, 0.05) is 56.4 Å². The van der Waals surface area contributed by atoms with E-state index in [1.165, 1.54) is 134 Å². The number of halogens is 1. The standard InChI is InChI=1S/2C18H21NO10P2.C16H21ClO6.C11H12O4.C7H11NO7P2.C7H6O2.Na/c2*1-12(2)26-17(20)27-15-8-4-3-7-14(15)16-28-30(22,23)18(21,31(24,25)29-16)10-13-6-5-9-19-11-13;1-10(2)20-14(18)21-12-9-7-6-8-11(12)13(17)22-15(19)23-16(3,4)5;1-8(2)14-11(13)15-10-6-4-3-5-9(10)7-12;9-7(16(10,11)12,17(13,14)15)4-6-2-1-3-8-5-6;8-5-6-3-1-2-4-7(6)9;/h2*3-9,11-12,16,21H,10H2,1-2H3,(H,22,23)(H,24,25);6-10,13H,1-5H3;3-8H,1-2H3;1-3,5,9H,4H2,(H2,10,11,12)(H2,13,14,15);1-5,9H;/q;;;;;;+1/p-1/t16-,18-;;;;;;. The van der Waals surface area contributed by atoms with Gasteiger partial charge in [0.05, 0.1) is 52.2 Å². The van der Waals surface area contributed by atoms with Gasteiger partial charge in [-0.3, -0.25) is 60.9 Å². The number of aromatic nitrogens is 3. The van der Waals surface area contributed by atoms with E-state index >= 15 is 0 Å². The molecule has 127 heavy (non-hydrogen) atoms. The molecule has 5 heterocycles. The van der Waals surface area contributed by atoms with Gasteiger partial charge in [-0.25, -0.2) is 24.0 Å². The summed E-state index contributed by atoms with van der Waals surface area (Å²) in [7, 11) is -31.8. The molecule has 2 aliphatic rings. The van der Waals surface area contributed by atoms with Crippen LogP contribution < -0.4 is 53.4 Å². The second-order valence-corrected chi connectivity index (χ2v) is 41.1. The molecule has 686 valence electrons. The number of hydrogen-bond acceptors (Lipinski definition) is 35. The Morgan fingerprint density at radius 2 is 0.811 bits per heavy atom. The van der Waals surface area contributed by atoms with Crippen LogP contribution in [0.3, 0.4) is 0 Å². The van der Waals surface area contributed by atoms with Crippen molar-refractivity contribution in [3.63, 3.8) is 0 Å². The van der Waals surface area contributed by atoms with Crippen molar-refractivity contribution in [3.8, 4) is 28.7 Å². The molecule has 50 heteroatoms. The maximum absolute atomic E-state index is 12.9. The van der Waals surface area contributed by atoms with Crippen molar-refractivity contribution in [2.45, 2.75) is 159 Å². The van der Waals surface area contributed by atoms with E-state index in [2.05, 4.69) is 15.0 Å². The van der Waals surface area contributed by atoms with E-state index in [0.717, 1.165) is 6.20 Å². The molecule has 7 atom stereocenters. The number of aliphatic hydroxyl groups is 3. The van der Waals surface area contributed by atoms with Crippen LogP contribution in [0.15, 0.2) is 195 Å². The third-order valence-corrected chi connectivity index (χ3v) is 28.7. The summed E-state index contributed by atoms with van der Waals surface area (Å²) in [5, 5.41) is 30.1. The van der Waals surface area contributed by atoms with E-state index in [-0.39, 0.29) is 98.3 Å². The van der Waals surface area contributed by atoms with Crippen LogP contribution in [0.1, 0.15) is 148 Å². The van der Waals surface area contributed by atoms with E-state index in [4.69, 9.17) is 102 Å². The van der Waals surface area contributed by atoms with Gasteiger partial charge in [-0.15, -0.1) is 0 Å². The monoisotopic (exact) mass is 1930 g/mol. The first-order chi connectivity index (χ1) is 58.5. The predicted octanol–water partition coefficient (Wildman–Crippen LogP) is 11.0. The topological polar surface area (TPSA) is 635 Å². The van der Waals surface area contributed by atoms with Gasteiger partial charge in [0.2, 0.25) is 23.2 Å². The van der Waals surface area contributed by atoms with Gasteiger partial charge in [-0.2, -0.15) is 0 Å². The average Bonchev–Trinajstić information content (AvgIpc) is 0.727. The molecule has 0 spiro atoms. The first-order valence-corrected chi connectivity index (χ1v) is 46.6. The zero-order chi connectivity index (χ0) is 94.6. The zero-order valence-electron chi connectivity index (χ0n) is 69.5. The molecule has 0 radical (unpaired) electrons. The smallest absolute Gasteiger partial charge is 0.776 e. The van der Waals surface area contributed by atoms with E-state index < -0.39 is 147 Å². The first kappa shape index (κ1) is 110. The van der Waals surface area contributed by atoms with Crippen LogP contribution in [0.2, 0.25) is 0 Å². The van der Waals surface area contributed by atoms with E-state index in [9.17, 15) is 95.8 Å². The molecule has 0 bridgehead atoms. The minimum atomic E-state index is -5.43. The Labute approximate surface area is 753 Å². The number of pyridine rings is 3. The number of para-hydroxylation sites is 5. The summed E-state index contributed by atoms with van der Waals surface area (Å²) < 4.78 is 143. The van der Waals surface area contributed by atoms with Crippen LogP contribution in [-0.4, -0.2) is 158 Å². The molecule has 5 aromatic carbocycles. The normalized spacial score (nSPS) is 20.9. The van der Waals surface area contributed by atoms with Crippen LogP contribution in [0.4, 0.5) is 24.0 Å². The largest absolute Gasteiger partial charge is 1.00 e. The molecule has 2 saturated heterocycles. The van der Waals surface area contributed by atoms with Crippen molar-refractivity contribution >= 4 is 101 Å². The van der Waals surface area contributed by atoms with Gasteiger partial charge in [-0.1, -0.05) is 109 Å². The van der Waals surface area contributed by atoms with Crippen molar-refractivity contribution in [3.05, 3.63) is 239 Å². The number of ether oxygens (including phenoxy) is 10. The summed E-state index contributed by atoms with van der Waals surface area (Å²) in [5.41, 5.74) is -0.746. The maximum atomic E-state index is 12.9. The number of benzene rings is 5. The second-order valence-electron chi connectivity index (χ2n) is 28.1. The molecule has 10 rings (SSSR count). The molecular formula is C77H91ClN3NaO39P6. The average molecular weight is 1930 g/mol. The molecular weight excluding hydrogens is 1840 g/mol. The van der Waals surface area contributed by atoms with Gasteiger partial charge >= 0.3 is 98.3 Å². The van der Waals surface area contributed by atoms with Crippen molar-refractivity contribution < 1.29 is 216 Å². The number of alkyl halides is 1. The molecule has 5 unspecified atom stereocenters. The van der Waals surface area contributed by atoms with E-state index in [1.807, 2.05) is 0 Å². The fourth-order valence-corrected chi connectivity index (χ4v) is 19.2. The summed E-state index contributed by atoms with van der Waals surface area (Å²) in [6.07, 6.45) is -3.42. The van der Waals surface area contributed by atoms with Crippen molar-refractivity contribution in [2.24, 2.45) is 0 Å². The number of aromatic hydroxyl groups is 1. The minimum Gasteiger partial charge on any atom is -0.776 e. The number of aldehydes is 2. The van der Waals surface area contributed by atoms with Gasteiger partial charge < -0.3 is 116 Å². The Kier molecular flexibility index (Phi) is 42.3. The van der Waals surface area contributed by atoms with Crippen molar-refractivity contribution in [2.75, 3.05) is 0 Å². The Bertz CT molecular complexity index is 5060. The number of phenols is 1. The molecule has 0 saturated carbocycles. The Morgan fingerprint density at radius 3 is 1.17 bits per heavy atom. The summed E-state index contributed by atoms with van der Waals surface area (Å²) in [6, 6.07) is 38.9. The van der Waals surface area contributed by atoms with Crippen LogP contribution in [0, 0.1) is 0 Å². The predicted molar refractivity (Wildman–Crippen MR) is 439 cm³/mol. The number of hydrogen-bond donors (Lipinski definition) is 11. The number of phenolic OH excluding ortho intramolecular Hbond substituents is 1. The van der Waals surface area contributed by atoms with Gasteiger partial charge in [0.15, 0.2) is 20.2 Å². The van der Waals surface area contributed by atoms with Crippen molar-refractivity contribution in [1.29, 1.82) is 0 Å². The van der Waals surface area contributed by atoms with Crippen LogP contribution in [0.25, 0.3) is 0 Å². The summed E-state index contributed by atoms with van der Waals surface area (Å²) in [5.74, 6) is -0.0148. The molecule has 0 amide bonds. The third kappa shape index (κ3) is 33.2. The van der Waals surface area contributed by atoms with Crippen LogP contribution >= 0.6 is 57.2 Å². The Balaban J connectivity index is 0.000000331. The number of carbonyl (C=O) groups is 7. The van der Waals surface area contributed by atoms with Gasteiger partial charge in [-0.05, 0) is 154 Å². The van der Waals surface area contributed by atoms with E-state index in [0.29, 0.717) is 29.3 Å². The van der Waals surface area contributed by atoms with Gasteiger partial charge in [0.25, 0.3) is 10.2 Å². The number of carbonyl (C=O) groups excluding carboxylic acids is 7. The maximum Gasteiger partial charge on any atom is 1.00 e. The number of nitrogens with zero attached hydrogens (tertiary/aromatic N) is 3. The molecule has 2 fully saturated rings.